The van der Waals surface area contributed by atoms with Gasteiger partial charge in [0.2, 0.25) is 5.91 Å². The molecule has 4 rings (SSSR count). The van der Waals surface area contributed by atoms with Gasteiger partial charge in [0.25, 0.3) is 0 Å². The van der Waals surface area contributed by atoms with E-state index in [-0.39, 0.29) is 17.3 Å². The smallest absolute Gasteiger partial charge is 0.341 e. The molecule has 1 N–H and O–H groups in total. The summed E-state index contributed by atoms with van der Waals surface area (Å²) in [5.41, 5.74) is 2.24. The molecule has 2 saturated carbocycles. The average molecular weight is 374 g/mol. The molecule has 0 aromatic carbocycles. The Kier molecular flexibility index (Phi) is 4.07. The SMILES string of the molecule is C=C1C2(C(=O)Nc3sc4c(c3C(=O)OC)CCCC4)CCC(C2)C1(C)C. The average Bonchev–Trinajstić information content (AvgIpc) is 3.27. The maximum Gasteiger partial charge on any atom is 0.341 e. The number of amides is 1. The highest BCUT2D eigenvalue weighted by Gasteiger charge is 2.61. The first-order chi connectivity index (χ1) is 12.3. The van der Waals surface area contributed by atoms with Gasteiger partial charge in [-0.3, -0.25) is 4.79 Å². The van der Waals surface area contributed by atoms with E-state index in [0.717, 1.165) is 56.1 Å². The molecule has 1 amide bonds. The number of carbonyl (C=O) groups is 2. The summed E-state index contributed by atoms with van der Waals surface area (Å²) in [6.07, 6.45) is 6.90. The van der Waals surface area contributed by atoms with Gasteiger partial charge >= 0.3 is 5.97 Å². The normalized spacial score (nSPS) is 28.7. The summed E-state index contributed by atoms with van der Waals surface area (Å²) in [7, 11) is 1.41. The van der Waals surface area contributed by atoms with Crippen LogP contribution in [0.15, 0.2) is 12.2 Å². The lowest BCUT2D eigenvalue weighted by Gasteiger charge is -2.37. The Morgan fingerprint density at radius 3 is 2.65 bits per heavy atom. The van der Waals surface area contributed by atoms with Crippen LogP contribution in [0.2, 0.25) is 0 Å². The second-order valence-electron chi connectivity index (χ2n) is 8.58. The molecule has 2 bridgehead atoms. The van der Waals surface area contributed by atoms with Crippen LogP contribution in [-0.4, -0.2) is 19.0 Å². The number of ether oxygens (including phenoxy) is 1. The van der Waals surface area contributed by atoms with Crippen LogP contribution in [0, 0.1) is 16.7 Å². The lowest BCUT2D eigenvalue weighted by atomic mass is 9.68. The first-order valence-corrected chi connectivity index (χ1v) is 10.4. The molecule has 2 unspecified atom stereocenters. The van der Waals surface area contributed by atoms with E-state index in [2.05, 4.69) is 25.7 Å². The highest BCUT2D eigenvalue weighted by Crippen LogP contribution is 2.65. The van der Waals surface area contributed by atoms with Gasteiger partial charge in [0, 0.05) is 4.88 Å². The van der Waals surface area contributed by atoms with E-state index in [1.807, 2.05) is 0 Å². The van der Waals surface area contributed by atoms with Crippen molar-refractivity contribution in [2.24, 2.45) is 16.7 Å². The monoisotopic (exact) mass is 373 g/mol. The van der Waals surface area contributed by atoms with Gasteiger partial charge in [-0.15, -0.1) is 11.3 Å². The molecule has 0 saturated heterocycles. The second kappa shape index (κ2) is 5.95. The van der Waals surface area contributed by atoms with E-state index in [1.165, 1.54) is 12.0 Å². The van der Waals surface area contributed by atoms with Crippen LogP contribution in [-0.2, 0) is 22.4 Å². The number of methoxy groups -OCH3 is 1. The molecule has 0 radical (unpaired) electrons. The molecule has 4 nitrogen and oxygen atoms in total. The van der Waals surface area contributed by atoms with Gasteiger partial charge in [0.15, 0.2) is 0 Å². The number of nitrogens with one attached hydrogen (secondary N) is 1. The zero-order valence-electron chi connectivity index (χ0n) is 15.9. The van der Waals surface area contributed by atoms with Crippen molar-refractivity contribution in [2.45, 2.75) is 58.8 Å². The van der Waals surface area contributed by atoms with Crippen LogP contribution in [0.3, 0.4) is 0 Å². The van der Waals surface area contributed by atoms with Crippen molar-refractivity contribution < 1.29 is 14.3 Å². The van der Waals surface area contributed by atoms with Gasteiger partial charge in [-0.05, 0) is 61.8 Å². The maximum atomic E-state index is 13.4. The Bertz CT molecular complexity index is 806. The summed E-state index contributed by atoms with van der Waals surface area (Å²) in [5.74, 6) is 0.198. The zero-order chi connectivity index (χ0) is 18.7. The van der Waals surface area contributed by atoms with Crippen LogP contribution in [0.25, 0.3) is 0 Å². The number of esters is 1. The highest BCUT2D eigenvalue weighted by atomic mass is 32.1. The summed E-state index contributed by atoms with van der Waals surface area (Å²) in [6.45, 7) is 8.73. The predicted octanol–water partition coefficient (Wildman–Crippen LogP) is 4.73. The van der Waals surface area contributed by atoms with E-state index in [0.29, 0.717) is 16.5 Å². The largest absolute Gasteiger partial charge is 0.465 e. The van der Waals surface area contributed by atoms with Crippen LogP contribution in [0.1, 0.15) is 66.8 Å². The number of rotatable bonds is 3. The Morgan fingerprint density at radius 1 is 1.27 bits per heavy atom. The molecular formula is C21H27NO3S. The number of aryl methyl sites for hydroxylation is 1. The summed E-state index contributed by atoms with van der Waals surface area (Å²) in [6, 6.07) is 0. The minimum Gasteiger partial charge on any atom is -0.465 e. The first kappa shape index (κ1) is 17.8. The van der Waals surface area contributed by atoms with Gasteiger partial charge in [-0.2, -0.15) is 0 Å². The third-order valence-corrected chi connectivity index (χ3v) is 8.32. The lowest BCUT2D eigenvalue weighted by molar-refractivity contribution is -0.123. The molecule has 140 valence electrons. The minimum absolute atomic E-state index is 0.00938. The fourth-order valence-corrected chi connectivity index (χ4v) is 6.61. The summed E-state index contributed by atoms with van der Waals surface area (Å²) >= 11 is 1.55. The zero-order valence-corrected chi connectivity index (χ0v) is 16.7. The van der Waals surface area contributed by atoms with Gasteiger partial charge in [-0.1, -0.05) is 26.0 Å². The molecule has 0 spiro atoms. The Hall–Kier alpha value is -1.62. The molecule has 5 heteroatoms. The van der Waals surface area contributed by atoms with Gasteiger partial charge in [0.05, 0.1) is 18.1 Å². The minimum atomic E-state index is -0.480. The number of hydrogen-bond acceptors (Lipinski definition) is 4. The van der Waals surface area contributed by atoms with Crippen molar-refractivity contribution in [1.82, 2.24) is 0 Å². The topological polar surface area (TPSA) is 55.4 Å². The second-order valence-corrected chi connectivity index (χ2v) is 9.69. The van der Waals surface area contributed by atoms with E-state index in [1.54, 1.807) is 11.3 Å². The molecule has 0 aliphatic heterocycles. The third kappa shape index (κ3) is 2.32. The number of hydrogen-bond donors (Lipinski definition) is 1. The number of fused-ring (bicyclic) bond motifs is 3. The molecular weight excluding hydrogens is 346 g/mol. The molecule has 1 aromatic rings. The van der Waals surface area contributed by atoms with Crippen molar-refractivity contribution >= 4 is 28.2 Å². The Labute approximate surface area is 159 Å². The third-order valence-electron chi connectivity index (χ3n) is 7.11. The van der Waals surface area contributed by atoms with Crippen molar-refractivity contribution in [3.05, 3.63) is 28.2 Å². The van der Waals surface area contributed by atoms with Crippen LogP contribution in [0.4, 0.5) is 5.00 Å². The van der Waals surface area contributed by atoms with E-state index < -0.39 is 5.41 Å². The van der Waals surface area contributed by atoms with Crippen molar-refractivity contribution in [2.75, 3.05) is 12.4 Å². The number of carbonyl (C=O) groups excluding carboxylic acids is 2. The first-order valence-electron chi connectivity index (χ1n) is 9.55. The van der Waals surface area contributed by atoms with Gasteiger partial charge < -0.3 is 10.1 Å². The Morgan fingerprint density at radius 2 is 2.00 bits per heavy atom. The van der Waals surface area contributed by atoms with Crippen molar-refractivity contribution in [3.8, 4) is 0 Å². The fraction of sp³-hybridized carbons (Fsp3) is 0.619. The quantitative estimate of drug-likeness (QED) is 0.615. The number of thiophene rings is 1. The fourth-order valence-electron chi connectivity index (χ4n) is 5.34. The molecule has 3 aliphatic rings. The highest BCUT2D eigenvalue weighted by molar-refractivity contribution is 7.17. The molecule has 3 aliphatic carbocycles. The van der Waals surface area contributed by atoms with Crippen LogP contribution >= 0.6 is 11.3 Å². The predicted molar refractivity (Wildman–Crippen MR) is 104 cm³/mol. The van der Waals surface area contributed by atoms with E-state index in [9.17, 15) is 9.59 Å². The summed E-state index contributed by atoms with van der Waals surface area (Å²) < 4.78 is 5.02. The molecule has 1 aromatic heterocycles. The standard InChI is InChI=1S/C21H27NO3S/c1-12-20(2,3)13-9-10-21(12,11-13)19(24)22-17-16(18(23)25-4)14-7-5-6-8-15(14)26-17/h13H,1,5-11H2,2-4H3,(H,22,24). The van der Waals surface area contributed by atoms with Crippen LogP contribution < -0.4 is 5.32 Å². The van der Waals surface area contributed by atoms with Gasteiger partial charge in [0.1, 0.15) is 5.00 Å². The van der Waals surface area contributed by atoms with Crippen molar-refractivity contribution in [1.29, 1.82) is 0 Å². The molecule has 1 heterocycles. The lowest BCUT2D eigenvalue weighted by Crippen LogP contribution is -2.37. The van der Waals surface area contributed by atoms with E-state index >= 15 is 0 Å². The summed E-state index contributed by atoms with van der Waals surface area (Å²) in [4.78, 5) is 27.0. The Balaban J connectivity index is 1.68. The molecule has 2 atom stereocenters. The van der Waals surface area contributed by atoms with E-state index in [4.69, 9.17) is 4.74 Å². The van der Waals surface area contributed by atoms with Crippen molar-refractivity contribution in [3.63, 3.8) is 0 Å². The van der Waals surface area contributed by atoms with Gasteiger partial charge in [-0.25, -0.2) is 4.79 Å². The number of anilines is 1. The summed E-state index contributed by atoms with van der Waals surface area (Å²) in [5, 5.41) is 3.80. The molecule has 26 heavy (non-hydrogen) atoms. The maximum absolute atomic E-state index is 13.4. The molecule has 2 fully saturated rings. The van der Waals surface area contributed by atoms with Crippen LogP contribution in [0.5, 0.6) is 0 Å².